The van der Waals surface area contributed by atoms with Crippen LogP contribution in [0.15, 0.2) is 29.0 Å². The zero-order chi connectivity index (χ0) is 20.9. The maximum atomic E-state index is 13.2. The first-order chi connectivity index (χ1) is 14.4. The first-order valence-electron chi connectivity index (χ1n) is 11.4. The summed E-state index contributed by atoms with van der Waals surface area (Å²) in [5.74, 6) is 0.356. The summed E-state index contributed by atoms with van der Waals surface area (Å²) in [6.45, 7) is 6.62. The van der Waals surface area contributed by atoms with E-state index in [0.717, 1.165) is 32.2 Å². The smallest absolute Gasteiger partial charge is 0.410 e. The molecular weight excluding hydrogens is 392 g/mol. The molecule has 1 saturated heterocycles. The Morgan fingerprint density at radius 1 is 1.17 bits per heavy atom. The Bertz CT molecular complexity index is 931. The first kappa shape index (κ1) is 19.9. The van der Waals surface area contributed by atoms with Crippen molar-refractivity contribution in [2.45, 2.75) is 77.0 Å². The number of fused-ring (bicyclic) bond motifs is 5. The molecule has 0 spiro atoms. The number of rotatable bonds is 1. The van der Waals surface area contributed by atoms with Crippen molar-refractivity contribution in [3.05, 3.63) is 51.2 Å². The normalized spacial score (nSPS) is 25.6. The third-order valence-corrected chi connectivity index (χ3v) is 7.52. The molecule has 0 unspecified atom stereocenters. The van der Waals surface area contributed by atoms with Crippen LogP contribution in [-0.4, -0.2) is 23.1 Å². The number of amides is 1. The summed E-state index contributed by atoms with van der Waals surface area (Å²) in [5.41, 5.74) is 6.40. The van der Waals surface area contributed by atoms with E-state index < -0.39 is 5.60 Å². The average molecular weight is 425 g/mol. The molecule has 5 rings (SSSR count). The largest absolute Gasteiger partial charge is 0.444 e. The molecule has 0 radical (unpaired) electrons. The van der Waals surface area contributed by atoms with Crippen molar-refractivity contribution < 1.29 is 9.53 Å². The number of likely N-dealkylation sites (tertiary alicyclic amines) is 1. The second-order valence-corrected chi connectivity index (χ2v) is 10.8. The topological polar surface area (TPSA) is 41.6 Å². The zero-order valence-electron chi connectivity index (χ0n) is 18.2. The van der Waals surface area contributed by atoms with Gasteiger partial charge in [0.25, 0.3) is 0 Å². The van der Waals surface area contributed by atoms with Crippen LogP contribution in [0.1, 0.15) is 80.8 Å². The Labute approximate surface area is 183 Å². The van der Waals surface area contributed by atoms with Gasteiger partial charge in [-0.15, -0.1) is 0 Å². The van der Waals surface area contributed by atoms with E-state index in [9.17, 15) is 4.79 Å². The lowest BCUT2D eigenvalue weighted by molar-refractivity contribution is -0.00381. The number of benzene rings is 1. The lowest BCUT2D eigenvalue weighted by Crippen LogP contribution is -2.49. The molecule has 0 saturated carbocycles. The highest BCUT2D eigenvalue weighted by Crippen LogP contribution is 2.52. The Morgan fingerprint density at radius 3 is 2.77 bits per heavy atom. The van der Waals surface area contributed by atoms with Gasteiger partial charge in [-0.05, 0) is 98.4 Å². The Morgan fingerprint density at radius 2 is 2.00 bits per heavy atom. The minimum Gasteiger partial charge on any atom is -0.444 e. The molecule has 1 N–H and O–H groups in total. The molecule has 1 aromatic heterocycles. The Kier molecular flexibility index (Phi) is 5.04. The van der Waals surface area contributed by atoms with Crippen LogP contribution < -0.4 is 5.32 Å². The van der Waals surface area contributed by atoms with Crippen LogP contribution >= 0.6 is 11.3 Å². The van der Waals surface area contributed by atoms with Crippen molar-refractivity contribution in [1.82, 2.24) is 4.90 Å². The third-order valence-electron chi connectivity index (χ3n) is 6.82. The van der Waals surface area contributed by atoms with Crippen molar-refractivity contribution in [1.29, 1.82) is 0 Å². The van der Waals surface area contributed by atoms with E-state index in [4.69, 9.17) is 4.74 Å². The monoisotopic (exact) mass is 424 g/mol. The quantitative estimate of drug-likeness (QED) is 0.569. The fraction of sp³-hybridized carbons (Fsp3) is 0.560. The van der Waals surface area contributed by atoms with Crippen molar-refractivity contribution in [2.24, 2.45) is 5.92 Å². The highest BCUT2D eigenvalue weighted by molar-refractivity contribution is 7.08. The number of nitrogens with one attached hydrogen (secondary N) is 1. The molecule has 3 aliphatic rings. The molecule has 4 nitrogen and oxygen atoms in total. The first-order valence-corrected chi connectivity index (χ1v) is 12.3. The zero-order valence-corrected chi connectivity index (χ0v) is 19.1. The minimum atomic E-state index is -0.484. The van der Waals surface area contributed by atoms with Gasteiger partial charge in [0.2, 0.25) is 0 Å². The molecule has 2 aromatic rings. The van der Waals surface area contributed by atoms with Crippen molar-refractivity contribution >= 4 is 23.1 Å². The molecule has 3 atom stereocenters. The molecule has 160 valence electrons. The fourth-order valence-corrected chi connectivity index (χ4v) is 6.30. The van der Waals surface area contributed by atoms with Crippen molar-refractivity contribution in [2.75, 3.05) is 11.9 Å². The van der Waals surface area contributed by atoms with Crippen LogP contribution in [0.25, 0.3) is 0 Å². The number of carbonyl (C=O) groups excluding carboxylic acids is 1. The molecule has 5 heteroatoms. The van der Waals surface area contributed by atoms with E-state index in [-0.39, 0.29) is 18.2 Å². The number of hydrogen-bond donors (Lipinski definition) is 1. The molecule has 30 heavy (non-hydrogen) atoms. The molecule has 1 aromatic carbocycles. The van der Waals surface area contributed by atoms with Gasteiger partial charge < -0.3 is 15.0 Å². The number of aryl methyl sites for hydroxylation is 1. The highest BCUT2D eigenvalue weighted by Gasteiger charge is 2.46. The number of nitrogens with zero attached hydrogens (tertiary/aromatic N) is 1. The molecule has 1 amide bonds. The lowest BCUT2D eigenvalue weighted by atomic mass is 9.73. The minimum absolute atomic E-state index is 0.0713. The van der Waals surface area contributed by atoms with Gasteiger partial charge in [0.05, 0.1) is 12.1 Å². The summed E-state index contributed by atoms with van der Waals surface area (Å²) in [6.07, 6.45) is 6.78. The van der Waals surface area contributed by atoms with Crippen LogP contribution in [0.3, 0.4) is 0 Å². The maximum absolute atomic E-state index is 13.2. The summed E-state index contributed by atoms with van der Waals surface area (Å²) in [4.78, 5) is 15.3. The third kappa shape index (κ3) is 3.51. The van der Waals surface area contributed by atoms with Gasteiger partial charge in [-0.1, -0.05) is 12.1 Å². The summed E-state index contributed by atoms with van der Waals surface area (Å²) >= 11 is 1.75. The fourth-order valence-electron chi connectivity index (χ4n) is 5.61. The van der Waals surface area contributed by atoms with Gasteiger partial charge in [0, 0.05) is 18.2 Å². The summed E-state index contributed by atoms with van der Waals surface area (Å²) in [5, 5.41) is 8.39. The lowest BCUT2D eigenvalue weighted by Gasteiger charge is -2.49. The van der Waals surface area contributed by atoms with Gasteiger partial charge in [-0.25, -0.2) is 4.79 Å². The molecule has 3 heterocycles. The summed E-state index contributed by atoms with van der Waals surface area (Å²) in [7, 11) is 0. The predicted molar refractivity (Wildman–Crippen MR) is 122 cm³/mol. The Balaban J connectivity index is 1.61. The average Bonchev–Trinajstić information content (AvgIpc) is 3.25. The van der Waals surface area contributed by atoms with Crippen LogP contribution in [0.4, 0.5) is 10.5 Å². The van der Waals surface area contributed by atoms with E-state index in [1.807, 2.05) is 25.7 Å². The van der Waals surface area contributed by atoms with E-state index in [0.29, 0.717) is 5.92 Å². The van der Waals surface area contributed by atoms with Gasteiger partial charge >= 0.3 is 6.09 Å². The summed E-state index contributed by atoms with van der Waals surface area (Å²) < 4.78 is 5.85. The Hall–Kier alpha value is -2.01. The van der Waals surface area contributed by atoms with E-state index in [1.165, 1.54) is 40.8 Å². The predicted octanol–water partition coefficient (Wildman–Crippen LogP) is 6.48. The maximum Gasteiger partial charge on any atom is 0.410 e. The second-order valence-electron chi connectivity index (χ2n) is 9.98. The van der Waals surface area contributed by atoms with E-state index in [2.05, 4.69) is 34.3 Å². The van der Waals surface area contributed by atoms with Crippen LogP contribution in [0.5, 0.6) is 0 Å². The van der Waals surface area contributed by atoms with E-state index in [1.54, 1.807) is 11.3 Å². The van der Waals surface area contributed by atoms with Gasteiger partial charge in [-0.3, -0.25) is 0 Å². The van der Waals surface area contributed by atoms with Gasteiger partial charge in [-0.2, -0.15) is 11.3 Å². The van der Waals surface area contributed by atoms with Crippen molar-refractivity contribution in [3.63, 3.8) is 0 Å². The number of piperidine rings is 1. The molecular formula is C25H32N2O2S. The molecule has 0 bridgehead atoms. The van der Waals surface area contributed by atoms with Crippen molar-refractivity contribution in [3.8, 4) is 0 Å². The number of ether oxygens (including phenoxy) is 1. The van der Waals surface area contributed by atoms with Gasteiger partial charge in [0.1, 0.15) is 5.60 Å². The second kappa shape index (κ2) is 7.60. The number of hydrogen-bond acceptors (Lipinski definition) is 4. The standard InChI is InChI=1S/C25H32N2O2S/c1-25(2,3)29-24(28)27-13-6-9-19-21(17-12-14-30-15-17)26-22-18-8-5-4-7-16(18)10-11-20(22)23(19)27/h10-12,14-15,19,21,23,26H,4-9,13H2,1-3H3/t19-,21-,23-/m1/s1. The number of thiophene rings is 1. The number of anilines is 1. The van der Waals surface area contributed by atoms with Gasteiger partial charge in [0.15, 0.2) is 0 Å². The molecule has 2 aliphatic heterocycles. The van der Waals surface area contributed by atoms with Crippen LogP contribution in [0, 0.1) is 5.92 Å². The number of carbonyl (C=O) groups is 1. The molecule has 1 aliphatic carbocycles. The summed E-state index contributed by atoms with van der Waals surface area (Å²) in [6, 6.07) is 7.16. The van der Waals surface area contributed by atoms with Crippen LogP contribution in [0.2, 0.25) is 0 Å². The van der Waals surface area contributed by atoms with E-state index >= 15 is 0 Å². The van der Waals surface area contributed by atoms with Crippen LogP contribution in [-0.2, 0) is 17.6 Å². The SMILES string of the molecule is CC(C)(C)OC(=O)N1CCC[C@@H]2[C@@H](c3ccsc3)Nc3c(ccc4c3CCCC4)[C@@H]21. The molecule has 1 fully saturated rings. The highest BCUT2D eigenvalue weighted by atomic mass is 32.1.